The minimum absolute atomic E-state index is 0.448. The minimum atomic E-state index is -0.726. The highest BCUT2D eigenvalue weighted by Gasteiger charge is 2.20. The molecule has 1 N–H and O–H groups in total. The average molecular weight is 302 g/mol. The molecule has 112 valence electrons. The van der Waals surface area contributed by atoms with Crippen LogP contribution in [0.2, 0.25) is 5.02 Å². The molecule has 0 saturated heterocycles. The van der Waals surface area contributed by atoms with Gasteiger partial charge in [-0.15, -0.1) is 0 Å². The van der Waals surface area contributed by atoms with Gasteiger partial charge in [-0.25, -0.2) is 4.79 Å². The molecule has 6 heteroatoms. The van der Waals surface area contributed by atoms with Crippen LogP contribution >= 0.6 is 11.6 Å². The summed E-state index contributed by atoms with van der Waals surface area (Å²) >= 11 is 6.05. The summed E-state index contributed by atoms with van der Waals surface area (Å²) in [5, 5.41) is 3.74. The minimum Gasteiger partial charge on any atom is -0.493 e. The van der Waals surface area contributed by atoms with E-state index in [1.54, 1.807) is 19.1 Å². The first-order valence-corrected chi connectivity index (χ1v) is 6.72. The fourth-order valence-electron chi connectivity index (χ4n) is 1.69. The predicted octanol–water partition coefficient (Wildman–Crippen LogP) is 2.40. The van der Waals surface area contributed by atoms with E-state index < -0.39 is 12.1 Å². The maximum atomic E-state index is 11.5. The van der Waals surface area contributed by atoms with Crippen molar-refractivity contribution in [1.82, 2.24) is 5.32 Å². The quantitative estimate of drug-likeness (QED) is 0.784. The smallest absolute Gasteiger partial charge is 0.346 e. The number of methoxy groups -OCH3 is 2. The van der Waals surface area contributed by atoms with Crippen LogP contribution in [-0.2, 0) is 16.1 Å². The number of nitrogens with one attached hydrogen (secondary N) is 1. The van der Waals surface area contributed by atoms with Crippen LogP contribution in [0.5, 0.6) is 11.5 Å². The van der Waals surface area contributed by atoms with Crippen LogP contribution in [0, 0.1) is 0 Å². The van der Waals surface area contributed by atoms with Gasteiger partial charge in [0.2, 0.25) is 0 Å². The van der Waals surface area contributed by atoms with Crippen LogP contribution in [0.4, 0.5) is 0 Å². The molecule has 0 bridgehead atoms. The third-order valence-electron chi connectivity index (χ3n) is 2.71. The summed E-state index contributed by atoms with van der Waals surface area (Å²) < 4.78 is 15.6. The Hall–Kier alpha value is -1.46. The van der Waals surface area contributed by atoms with E-state index >= 15 is 0 Å². The summed E-state index contributed by atoms with van der Waals surface area (Å²) in [4.78, 5) is 11.5. The van der Waals surface area contributed by atoms with Gasteiger partial charge in [-0.1, -0.05) is 18.5 Å². The number of hydrogen-bond donors (Lipinski definition) is 1. The van der Waals surface area contributed by atoms with Gasteiger partial charge in [-0.3, -0.25) is 0 Å². The maximum absolute atomic E-state index is 11.5. The molecule has 1 unspecified atom stereocenters. The fraction of sp³-hybridized carbons (Fsp3) is 0.500. The second kappa shape index (κ2) is 7.97. The molecule has 0 aromatic heterocycles. The lowest BCUT2D eigenvalue weighted by atomic mass is 10.1. The molecule has 0 fully saturated rings. The first kappa shape index (κ1) is 16.6. The highest BCUT2D eigenvalue weighted by molar-refractivity contribution is 6.30. The molecule has 1 atom stereocenters. The number of ether oxygens (including phenoxy) is 3. The van der Waals surface area contributed by atoms with Gasteiger partial charge < -0.3 is 19.5 Å². The Morgan fingerprint density at radius 2 is 2.10 bits per heavy atom. The zero-order valence-corrected chi connectivity index (χ0v) is 12.9. The van der Waals surface area contributed by atoms with E-state index in [-0.39, 0.29) is 0 Å². The number of carbonyl (C=O) groups is 1. The Kier molecular flexibility index (Phi) is 6.61. The Bertz CT molecular complexity index is 465. The standard InChI is InChI=1S/C14H20ClNO4/c1-5-16-8-10-6-11(15)7-12(18-3)13(10)20-9(2)14(17)19-4/h6-7,9,16H,5,8H2,1-4H3. The summed E-state index contributed by atoms with van der Waals surface area (Å²) in [6, 6.07) is 3.43. The summed E-state index contributed by atoms with van der Waals surface area (Å²) in [5.74, 6) is 0.535. The molecule has 0 saturated carbocycles. The summed E-state index contributed by atoms with van der Waals surface area (Å²) in [5.41, 5.74) is 0.826. The van der Waals surface area contributed by atoms with Gasteiger partial charge in [0, 0.05) is 23.2 Å². The molecule has 20 heavy (non-hydrogen) atoms. The summed E-state index contributed by atoms with van der Waals surface area (Å²) in [6.07, 6.45) is -0.726. The average Bonchev–Trinajstić information content (AvgIpc) is 2.45. The molecular weight excluding hydrogens is 282 g/mol. The van der Waals surface area contributed by atoms with E-state index in [2.05, 4.69) is 10.1 Å². The van der Waals surface area contributed by atoms with E-state index in [0.29, 0.717) is 23.1 Å². The van der Waals surface area contributed by atoms with E-state index in [1.807, 2.05) is 6.92 Å². The van der Waals surface area contributed by atoms with Crippen molar-refractivity contribution in [2.45, 2.75) is 26.5 Å². The second-order valence-electron chi connectivity index (χ2n) is 4.16. The lowest BCUT2D eigenvalue weighted by Crippen LogP contribution is -2.26. The third kappa shape index (κ3) is 4.28. The molecule has 0 amide bonds. The van der Waals surface area contributed by atoms with Crippen LogP contribution in [-0.4, -0.2) is 32.8 Å². The van der Waals surface area contributed by atoms with Crippen molar-refractivity contribution >= 4 is 17.6 Å². The van der Waals surface area contributed by atoms with E-state index in [1.165, 1.54) is 14.2 Å². The zero-order valence-electron chi connectivity index (χ0n) is 12.2. The molecule has 0 radical (unpaired) electrons. The van der Waals surface area contributed by atoms with Gasteiger partial charge in [-0.05, 0) is 19.5 Å². The number of esters is 1. The van der Waals surface area contributed by atoms with Crippen molar-refractivity contribution in [2.75, 3.05) is 20.8 Å². The molecule has 0 aliphatic carbocycles. The van der Waals surface area contributed by atoms with Crippen molar-refractivity contribution in [3.05, 3.63) is 22.7 Å². The monoisotopic (exact) mass is 301 g/mol. The third-order valence-corrected chi connectivity index (χ3v) is 2.93. The van der Waals surface area contributed by atoms with Crippen LogP contribution in [0.25, 0.3) is 0 Å². The van der Waals surface area contributed by atoms with Crippen LogP contribution in [0.3, 0.4) is 0 Å². The molecule has 5 nitrogen and oxygen atoms in total. The Morgan fingerprint density at radius 3 is 2.65 bits per heavy atom. The summed E-state index contributed by atoms with van der Waals surface area (Å²) in [7, 11) is 2.85. The molecule has 1 aromatic carbocycles. The molecule has 0 aliphatic rings. The molecule has 0 heterocycles. The SMILES string of the molecule is CCNCc1cc(Cl)cc(OC)c1OC(C)C(=O)OC. The van der Waals surface area contributed by atoms with E-state index in [9.17, 15) is 4.79 Å². The van der Waals surface area contributed by atoms with E-state index in [4.69, 9.17) is 21.1 Å². The zero-order chi connectivity index (χ0) is 15.1. The Morgan fingerprint density at radius 1 is 1.40 bits per heavy atom. The van der Waals surface area contributed by atoms with Gasteiger partial charge in [-0.2, -0.15) is 0 Å². The number of halogens is 1. The number of rotatable bonds is 7. The van der Waals surface area contributed by atoms with Gasteiger partial charge in [0.05, 0.1) is 14.2 Å². The van der Waals surface area contributed by atoms with E-state index in [0.717, 1.165) is 12.1 Å². The van der Waals surface area contributed by atoms with Gasteiger partial charge in [0.25, 0.3) is 0 Å². The molecule has 1 aromatic rings. The predicted molar refractivity (Wildman–Crippen MR) is 77.5 cm³/mol. The largest absolute Gasteiger partial charge is 0.493 e. The highest BCUT2D eigenvalue weighted by atomic mass is 35.5. The Balaban J connectivity index is 3.09. The highest BCUT2D eigenvalue weighted by Crippen LogP contribution is 2.35. The normalized spacial score (nSPS) is 11.8. The van der Waals surface area contributed by atoms with Crippen molar-refractivity contribution in [3.8, 4) is 11.5 Å². The number of carbonyl (C=O) groups excluding carboxylic acids is 1. The van der Waals surface area contributed by atoms with Gasteiger partial charge in [0.1, 0.15) is 0 Å². The number of hydrogen-bond acceptors (Lipinski definition) is 5. The van der Waals surface area contributed by atoms with Crippen molar-refractivity contribution in [3.63, 3.8) is 0 Å². The van der Waals surface area contributed by atoms with Crippen molar-refractivity contribution < 1.29 is 19.0 Å². The Labute approximate surface area is 124 Å². The number of benzene rings is 1. The van der Waals surface area contributed by atoms with Gasteiger partial charge in [0.15, 0.2) is 17.6 Å². The lowest BCUT2D eigenvalue weighted by molar-refractivity contribution is -0.147. The maximum Gasteiger partial charge on any atom is 0.346 e. The molecule has 1 rings (SSSR count). The fourth-order valence-corrected chi connectivity index (χ4v) is 1.92. The van der Waals surface area contributed by atoms with Crippen molar-refractivity contribution in [1.29, 1.82) is 0 Å². The summed E-state index contributed by atoms with van der Waals surface area (Å²) in [6.45, 7) is 4.99. The first-order valence-electron chi connectivity index (χ1n) is 6.35. The topological polar surface area (TPSA) is 56.8 Å². The second-order valence-corrected chi connectivity index (χ2v) is 4.60. The van der Waals surface area contributed by atoms with Gasteiger partial charge >= 0.3 is 5.97 Å². The van der Waals surface area contributed by atoms with Crippen molar-refractivity contribution in [2.24, 2.45) is 0 Å². The molecule has 0 aliphatic heterocycles. The molecule has 0 spiro atoms. The van der Waals surface area contributed by atoms with Crippen LogP contribution < -0.4 is 14.8 Å². The first-order chi connectivity index (χ1) is 9.53. The molecular formula is C14H20ClNO4. The lowest BCUT2D eigenvalue weighted by Gasteiger charge is -2.19. The van der Waals surface area contributed by atoms with Crippen LogP contribution in [0.15, 0.2) is 12.1 Å². The van der Waals surface area contributed by atoms with Crippen LogP contribution in [0.1, 0.15) is 19.4 Å².